The molecule has 0 radical (unpaired) electrons. The Morgan fingerprint density at radius 2 is 1.70 bits per heavy atom. The van der Waals surface area contributed by atoms with Crippen LogP contribution in [-0.2, 0) is 0 Å². The van der Waals surface area contributed by atoms with Gasteiger partial charge in [-0.3, -0.25) is 4.79 Å². The SMILES string of the molecule is CC(=O)c1ccc(Br)cc1Oc1cc(Br)cc(F)c1F. The second-order valence-corrected chi connectivity index (χ2v) is 5.83. The van der Waals surface area contributed by atoms with Crippen LogP contribution in [0.15, 0.2) is 39.3 Å². The molecule has 0 atom stereocenters. The predicted octanol–water partition coefficient (Wildman–Crippen LogP) is 5.48. The molecule has 0 amide bonds. The van der Waals surface area contributed by atoms with Gasteiger partial charge in [0.25, 0.3) is 0 Å². The smallest absolute Gasteiger partial charge is 0.201 e. The van der Waals surface area contributed by atoms with Crippen molar-refractivity contribution in [1.82, 2.24) is 0 Å². The van der Waals surface area contributed by atoms with Gasteiger partial charge in [-0.1, -0.05) is 31.9 Å². The molecule has 0 unspecified atom stereocenters. The highest BCUT2D eigenvalue weighted by Crippen LogP contribution is 2.33. The molecule has 0 N–H and O–H groups in total. The van der Waals surface area contributed by atoms with E-state index in [4.69, 9.17) is 4.74 Å². The molecule has 20 heavy (non-hydrogen) atoms. The van der Waals surface area contributed by atoms with Crippen LogP contribution in [0.25, 0.3) is 0 Å². The monoisotopic (exact) mass is 404 g/mol. The van der Waals surface area contributed by atoms with E-state index in [1.807, 2.05) is 0 Å². The lowest BCUT2D eigenvalue weighted by Crippen LogP contribution is -1.99. The van der Waals surface area contributed by atoms with Gasteiger partial charge in [-0.25, -0.2) is 4.39 Å². The number of halogens is 4. The van der Waals surface area contributed by atoms with Crippen molar-refractivity contribution < 1.29 is 18.3 Å². The van der Waals surface area contributed by atoms with Crippen molar-refractivity contribution in [2.45, 2.75) is 6.92 Å². The summed E-state index contributed by atoms with van der Waals surface area (Å²) in [4.78, 5) is 11.5. The van der Waals surface area contributed by atoms with Crippen LogP contribution in [0.4, 0.5) is 8.78 Å². The molecule has 2 aromatic rings. The Morgan fingerprint density at radius 1 is 1.05 bits per heavy atom. The molecule has 104 valence electrons. The van der Waals surface area contributed by atoms with Gasteiger partial charge in [0.05, 0.1) is 5.56 Å². The maximum atomic E-state index is 13.7. The Balaban J connectivity index is 2.50. The molecule has 0 bridgehead atoms. The second-order valence-electron chi connectivity index (χ2n) is 4.00. The topological polar surface area (TPSA) is 26.3 Å². The highest BCUT2D eigenvalue weighted by atomic mass is 79.9. The summed E-state index contributed by atoms with van der Waals surface area (Å²) in [5, 5.41) is 0. The first kappa shape index (κ1) is 15.1. The first-order valence-corrected chi connectivity index (χ1v) is 7.10. The van der Waals surface area contributed by atoms with Gasteiger partial charge in [0, 0.05) is 8.95 Å². The van der Waals surface area contributed by atoms with E-state index >= 15 is 0 Å². The van der Waals surface area contributed by atoms with E-state index < -0.39 is 11.6 Å². The van der Waals surface area contributed by atoms with Crippen molar-refractivity contribution in [3.05, 3.63) is 56.5 Å². The molecule has 0 aromatic heterocycles. The van der Waals surface area contributed by atoms with Crippen molar-refractivity contribution >= 4 is 37.6 Å². The molecule has 0 aliphatic carbocycles. The summed E-state index contributed by atoms with van der Waals surface area (Å²) >= 11 is 6.30. The van der Waals surface area contributed by atoms with E-state index in [2.05, 4.69) is 31.9 Å². The lowest BCUT2D eigenvalue weighted by molar-refractivity contribution is 0.101. The molecule has 0 spiro atoms. The zero-order valence-corrected chi connectivity index (χ0v) is 13.4. The minimum atomic E-state index is -1.11. The Hall–Kier alpha value is -1.27. The standard InChI is InChI=1S/C14H8Br2F2O2/c1-7(19)10-3-2-8(15)5-12(10)20-13-6-9(16)4-11(17)14(13)18/h2-6H,1H3. The lowest BCUT2D eigenvalue weighted by Gasteiger charge is -2.11. The van der Waals surface area contributed by atoms with Crippen LogP contribution >= 0.6 is 31.9 Å². The van der Waals surface area contributed by atoms with Crippen LogP contribution < -0.4 is 4.74 Å². The number of rotatable bonds is 3. The summed E-state index contributed by atoms with van der Waals surface area (Å²) in [6.45, 7) is 1.37. The first-order valence-electron chi connectivity index (χ1n) is 5.51. The first-order chi connectivity index (χ1) is 9.38. The van der Waals surface area contributed by atoms with Crippen LogP contribution in [0.3, 0.4) is 0 Å². The third kappa shape index (κ3) is 3.24. The van der Waals surface area contributed by atoms with Crippen LogP contribution in [0.2, 0.25) is 0 Å². The van der Waals surface area contributed by atoms with E-state index in [9.17, 15) is 13.6 Å². The number of hydrogen-bond acceptors (Lipinski definition) is 2. The fourth-order valence-electron chi connectivity index (χ4n) is 1.60. The molecule has 0 aliphatic heterocycles. The quantitative estimate of drug-likeness (QED) is 0.498. The van der Waals surface area contributed by atoms with E-state index in [0.29, 0.717) is 8.95 Å². The highest BCUT2D eigenvalue weighted by Gasteiger charge is 2.15. The van der Waals surface area contributed by atoms with Gasteiger partial charge in [0.2, 0.25) is 5.82 Å². The van der Waals surface area contributed by atoms with Crippen molar-refractivity contribution in [2.24, 2.45) is 0 Å². The maximum absolute atomic E-state index is 13.7. The summed E-state index contributed by atoms with van der Waals surface area (Å²) in [7, 11) is 0. The average molecular weight is 406 g/mol. The van der Waals surface area contributed by atoms with Gasteiger partial charge in [-0.15, -0.1) is 0 Å². The number of carbonyl (C=O) groups excluding carboxylic acids is 1. The summed E-state index contributed by atoms with van der Waals surface area (Å²) in [5.41, 5.74) is 0.285. The largest absolute Gasteiger partial charge is 0.453 e. The van der Waals surface area contributed by atoms with Gasteiger partial charge in [-0.05, 0) is 37.3 Å². The van der Waals surface area contributed by atoms with Gasteiger partial charge >= 0.3 is 0 Å². The number of carbonyl (C=O) groups is 1. The van der Waals surface area contributed by atoms with E-state index in [1.165, 1.54) is 19.1 Å². The van der Waals surface area contributed by atoms with Crippen LogP contribution in [0.1, 0.15) is 17.3 Å². The molecular formula is C14H8Br2F2O2. The zero-order chi connectivity index (χ0) is 14.9. The van der Waals surface area contributed by atoms with Crippen LogP contribution in [0, 0.1) is 11.6 Å². The van der Waals surface area contributed by atoms with Crippen molar-refractivity contribution in [1.29, 1.82) is 0 Å². The van der Waals surface area contributed by atoms with E-state index in [0.717, 1.165) is 6.07 Å². The highest BCUT2D eigenvalue weighted by molar-refractivity contribution is 9.10. The summed E-state index contributed by atoms with van der Waals surface area (Å²) in [6, 6.07) is 7.03. The van der Waals surface area contributed by atoms with Crippen molar-refractivity contribution in [3.63, 3.8) is 0 Å². The third-order valence-electron chi connectivity index (χ3n) is 2.50. The summed E-state index contributed by atoms with van der Waals surface area (Å²) in [6.07, 6.45) is 0. The molecule has 0 saturated heterocycles. The fourth-order valence-corrected chi connectivity index (χ4v) is 2.35. The third-order valence-corrected chi connectivity index (χ3v) is 3.45. The molecule has 0 saturated carbocycles. The van der Waals surface area contributed by atoms with Gasteiger partial charge in [0.15, 0.2) is 17.3 Å². The van der Waals surface area contributed by atoms with Gasteiger partial charge < -0.3 is 4.74 Å². The normalized spacial score (nSPS) is 10.4. The second kappa shape index (κ2) is 6.01. The van der Waals surface area contributed by atoms with Crippen molar-refractivity contribution in [3.8, 4) is 11.5 Å². The Morgan fingerprint density at radius 3 is 2.35 bits per heavy atom. The van der Waals surface area contributed by atoms with E-state index in [-0.39, 0.29) is 22.8 Å². The Kier molecular flexibility index (Phi) is 4.55. The molecule has 0 aliphatic rings. The summed E-state index contributed by atoms with van der Waals surface area (Å²) < 4.78 is 33.4. The molecule has 2 nitrogen and oxygen atoms in total. The predicted molar refractivity (Wildman–Crippen MR) is 78.3 cm³/mol. The molecular weight excluding hydrogens is 398 g/mol. The molecule has 0 heterocycles. The van der Waals surface area contributed by atoms with Crippen molar-refractivity contribution in [2.75, 3.05) is 0 Å². The van der Waals surface area contributed by atoms with Crippen LogP contribution in [-0.4, -0.2) is 5.78 Å². The molecule has 2 rings (SSSR count). The molecule has 2 aromatic carbocycles. The minimum Gasteiger partial charge on any atom is -0.453 e. The maximum Gasteiger partial charge on any atom is 0.201 e. The number of hydrogen-bond donors (Lipinski definition) is 0. The number of ketones is 1. The van der Waals surface area contributed by atoms with E-state index in [1.54, 1.807) is 12.1 Å². The van der Waals surface area contributed by atoms with Gasteiger partial charge in [0.1, 0.15) is 5.75 Å². The zero-order valence-electron chi connectivity index (χ0n) is 10.2. The molecule has 6 heteroatoms. The number of Topliss-reactive ketones (excluding diaryl/α,β-unsaturated/α-hetero) is 1. The lowest BCUT2D eigenvalue weighted by atomic mass is 10.1. The summed E-state index contributed by atoms with van der Waals surface area (Å²) in [5.74, 6) is -2.51. The van der Waals surface area contributed by atoms with Gasteiger partial charge in [-0.2, -0.15) is 4.39 Å². The fraction of sp³-hybridized carbons (Fsp3) is 0.0714. The Bertz CT molecular complexity index is 687. The number of ether oxygens (including phenoxy) is 1. The number of benzene rings is 2. The molecule has 0 fully saturated rings. The van der Waals surface area contributed by atoms with Crippen LogP contribution in [0.5, 0.6) is 11.5 Å². The average Bonchev–Trinajstić information content (AvgIpc) is 2.35. The Labute approximate surface area is 131 Å². The minimum absolute atomic E-state index is 0.156.